The third-order valence-electron chi connectivity index (χ3n) is 7.17. The second-order valence-corrected chi connectivity index (χ2v) is 14.7. The number of methoxy groups -OCH3 is 2. The van der Waals surface area contributed by atoms with Gasteiger partial charge in [0.15, 0.2) is 11.4 Å². The van der Waals surface area contributed by atoms with Crippen molar-refractivity contribution in [1.29, 1.82) is 0 Å². The van der Waals surface area contributed by atoms with Gasteiger partial charge in [-0.3, -0.25) is 28.8 Å². The van der Waals surface area contributed by atoms with Crippen molar-refractivity contribution in [3.8, 4) is 0 Å². The molecular weight excluding hydrogens is 771 g/mol. The maximum Gasteiger partial charge on any atom is 0.307 e. The predicted molar refractivity (Wildman–Crippen MR) is 189 cm³/mol. The zero-order valence-corrected chi connectivity index (χ0v) is 31.7. The fourth-order valence-electron chi connectivity index (χ4n) is 4.44. The van der Waals surface area contributed by atoms with Gasteiger partial charge in [-0.25, -0.2) is 4.98 Å². The highest BCUT2D eigenvalue weighted by Crippen LogP contribution is 2.29. The van der Waals surface area contributed by atoms with E-state index in [2.05, 4.69) is 20.9 Å². The van der Waals surface area contributed by atoms with Crippen LogP contribution in [0.25, 0.3) is 0 Å². The number of hydrogen-bond acceptors (Lipinski definition) is 12. The quantitative estimate of drug-likeness (QED) is 0.0772. The molecule has 1 aromatic carbocycles. The van der Waals surface area contributed by atoms with Crippen LogP contribution >= 0.6 is 33.9 Å². The Hall–Kier alpha value is -3.48. The summed E-state index contributed by atoms with van der Waals surface area (Å²) >= 11 is 2.97. The third-order valence-corrected chi connectivity index (χ3v) is 9.58. The molecule has 14 nitrogen and oxygen atoms in total. The number of rotatable bonds is 20. The van der Waals surface area contributed by atoms with Crippen molar-refractivity contribution in [2.45, 2.75) is 75.6 Å². The Morgan fingerprint density at radius 3 is 2.06 bits per heavy atom. The number of hydrogen-bond donors (Lipinski definition) is 3. The first-order valence-corrected chi connectivity index (χ1v) is 17.5. The fraction of sp³-hybridized carbons (Fsp3) is 0.545. The minimum atomic E-state index is -1.83. The average molecular weight is 817 g/mol. The maximum atomic E-state index is 13.8. The lowest BCUT2D eigenvalue weighted by Crippen LogP contribution is -2.60. The first-order chi connectivity index (χ1) is 23.0. The van der Waals surface area contributed by atoms with E-state index in [0.717, 1.165) is 16.9 Å². The predicted octanol–water partition coefficient (Wildman–Crippen LogP) is 2.69. The van der Waals surface area contributed by atoms with E-state index in [-0.39, 0.29) is 32.7 Å². The molecular formula is C33H45IN4O10S. The molecule has 3 amide bonds. The summed E-state index contributed by atoms with van der Waals surface area (Å²) in [4.78, 5) is 82.3. The smallest absolute Gasteiger partial charge is 0.307 e. The molecule has 49 heavy (non-hydrogen) atoms. The van der Waals surface area contributed by atoms with Gasteiger partial charge < -0.3 is 34.9 Å². The van der Waals surface area contributed by atoms with Gasteiger partial charge in [-0.05, 0) is 25.8 Å². The lowest BCUT2D eigenvalue weighted by Gasteiger charge is -2.35. The number of aryl methyl sites for hydroxylation is 2. The molecule has 0 fully saturated rings. The van der Waals surface area contributed by atoms with Gasteiger partial charge in [0.1, 0.15) is 21.0 Å². The molecule has 0 bridgehead atoms. The van der Waals surface area contributed by atoms with Crippen LogP contribution in [0.2, 0.25) is 0 Å². The number of alkyl halides is 1. The standard InChI is InChI=1S/C33H45IN4O10S/c1-20-35-16-25(49-20)30(44)37-23(17-45-6)28(42)36-24(18-46-7)29(43)38-31(34)33(5,26(40)14-13-22-11-9-8-10-12-22)48-27(41)15-32(3,4)19-47-21(2)39/h8-12,16,23-24,31H,13-15,17-19H2,1-7H3,(H,36,42)(H,37,44)(H,38,43)/t23-,24-,31?,33-/m0/s1. The van der Waals surface area contributed by atoms with Crippen molar-refractivity contribution in [3.05, 3.63) is 52.0 Å². The van der Waals surface area contributed by atoms with E-state index in [0.29, 0.717) is 16.3 Å². The summed E-state index contributed by atoms with van der Waals surface area (Å²) in [6.45, 7) is 7.35. The molecule has 3 N–H and O–H groups in total. The number of ketones is 1. The van der Waals surface area contributed by atoms with E-state index in [4.69, 9.17) is 18.9 Å². The molecule has 270 valence electrons. The fourth-order valence-corrected chi connectivity index (χ4v) is 5.90. The highest BCUT2D eigenvalue weighted by molar-refractivity contribution is 14.1. The van der Waals surface area contributed by atoms with Gasteiger partial charge in [0.25, 0.3) is 5.91 Å². The number of Topliss-reactive ketones (excluding diaryl/α,β-unsaturated/α-hetero) is 1. The second kappa shape index (κ2) is 19.6. The number of thiazole rings is 1. The van der Waals surface area contributed by atoms with Crippen LogP contribution in [0.15, 0.2) is 36.5 Å². The summed E-state index contributed by atoms with van der Waals surface area (Å²) in [6, 6.07) is 6.85. The van der Waals surface area contributed by atoms with Crippen LogP contribution in [0.3, 0.4) is 0 Å². The summed E-state index contributed by atoms with van der Waals surface area (Å²) in [5.74, 6) is -3.67. The van der Waals surface area contributed by atoms with Gasteiger partial charge in [-0.15, -0.1) is 11.3 Å². The number of amides is 3. The average Bonchev–Trinajstić information content (AvgIpc) is 3.48. The molecule has 0 aliphatic heterocycles. The largest absolute Gasteiger partial charge is 0.465 e. The van der Waals surface area contributed by atoms with Crippen LogP contribution < -0.4 is 16.0 Å². The summed E-state index contributed by atoms with van der Waals surface area (Å²) < 4.78 is 20.1. The SMILES string of the molecule is COC[C@H](NC(=O)c1cnc(C)s1)C(=O)N[C@@H](COC)C(=O)NC(I)[C@@](C)(OC(=O)CC(C)(C)COC(C)=O)C(=O)CCc1ccccc1. The molecule has 4 atom stereocenters. The van der Waals surface area contributed by atoms with E-state index in [1.807, 2.05) is 52.9 Å². The topological polar surface area (TPSA) is 188 Å². The summed E-state index contributed by atoms with van der Waals surface area (Å²) in [5, 5.41) is 8.53. The minimum absolute atomic E-state index is 0.00405. The van der Waals surface area contributed by atoms with Crippen molar-refractivity contribution in [1.82, 2.24) is 20.9 Å². The zero-order valence-electron chi connectivity index (χ0n) is 28.8. The summed E-state index contributed by atoms with van der Waals surface area (Å²) in [7, 11) is 2.70. The van der Waals surface area contributed by atoms with E-state index >= 15 is 0 Å². The molecule has 1 heterocycles. The molecule has 0 spiro atoms. The van der Waals surface area contributed by atoms with Crippen molar-refractivity contribution < 1.29 is 47.7 Å². The molecule has 1 unspecified atom stereocenters. The van der Waals surface area contributed by atoms with Crippen LogP contribution in [0, 0.1) is 12.3 Å². The van der Waals surface area contributed by atoms with Crippen molar-refractivity contribution in [2.24, 2.45) is 5.41 Å². The number of aromatic nitrogens is 1. The van der Waals surface area contributed by atoms with Gasteiger partial charge in [0.2, 0.25) is 11.8 Å². The number of ether oxygens (including phenoxy) is 4. The van der Waals surface area contributed by atoms with Gasteiger partial charge >= 0.3 is 11.9 Å². The minimum Gasteiger partial charge on any atom is -0.465 e. The van der Waals surface area contributed by atoms with Crippen LogP contribution in [-0.2, 0) is 49.3 Å². The molecule has 2 aromatic rings. The molecule has 0 radical (unpaired) electrons. The highest BCUT2D eigenvalue weighted by Gasteiger charge is 2.45. The molecule has 16 heteroatoms. The summed E-state index contributed by atoms with van der Waals surface area (Å²) in [5.41, 5.74) is -1.74. The maximum absolute atomic E-state index is 13.8. The molecule has 0 aliphatic rings. The van der Waals surface area contributed by atoms with Gasteiger partial charge in [-0.2, -0.15) is 0 Å². The Bertz CT molecular complexity index is 1450. The van der Waals surface area contributed by atoms with Crippen molar-refractivity contribution >= 4 is 69.4 Å². The third kappa shape index (κ3) is 13.7. The number of esters is 2. The van der Waals surface area contributed by atoms with E-state index in [9.17, 15) is 28.8 Å². The molecule has 0 aliphatic carbocycles. The Labute approximate surface area is 303 Å². The Kier molecular flexibility index (Phi) is 16.7. The van der Waals surface area contributed by atoms with Gasteiger partial charge in [-0.1, -0.05) is 66.8 Å². The normalized spacial score (nSPS) is 14.4. The van der Waals surface area contributed by atoms with E-state index in [1.54, 1.807) is 20.8 Å². The number of carbonyl (C=O) groups is 6. The number of benzene rings is 1. The van der Waals surface area contributed by atoms with Crippen molar-refractivity contribution in [2.75, 3.05) is 34.0 Å². The number of carbonyl (C=O) groups excluding carboxylic acids is 6. The lowest BCUT2D eigenvalue weighted by atomic mass is 9.90. The van der Waals surface area contributed by atoms with Crippen LogP contribution in [0.5, 0.6) is 0 Å². The Balaban J connectivity index is 2.25. The molecule has 0 saturated carbocycles. The number of halogens is 1. The monoisotopic (exact) mass is 816 g/mol. The highest BCUT2D eigenvalue weighted by atomic mass is 127. The van der Waals surface area contributed by atoms with Crippen molar-refractivity contribution in [3.63, 3.8) is 0 Å². The first kappa shape index (κ1) is 41.7. The van der Waals surface area contributed by atoms with E-state index in [1.165, 1.54) is 34.3 Å². The Morgan fingerprint density at radius 2 is 1.51 bits per heavy atom. The summed E-state index contributed by atoms with van der Waals surface area (Å²) in [6.07, 6.45) is 1.56. The number of nitrogens with one attached hydrogen (secondary N) is 3. The molecule has 2 rings (SSSR count). The molecule has 0 saturated heterocycles. The Morgan fingerprint density at radius 1 is 0.918 bits per heavy atom. The molecule has 1 aromatic heterocycles. The second-order valence-electron chi connectivity index (χ2n) is 12.2. The number of nitrogens with zero attached hydrogens (tertiary/aromatic N) is 1. The van der Waals surface area contributed by atoms with E-state index < -0.39 is 62.6 Å². The van der Waals surface area contributed by atoms with Crippen LogP contribution in [0.4, 0.5) is 0 Å². The van der Waals surface area contributed by atoms with Gasteiger partial charge in [0, 0.05) is 33.0 Å². The lowest BCUT2D eigenvalue weighted by molar-refractivity contribution is -0.169. The van der Waals surface area contributed by atoms with Gasteiger partial charge in [0.05, 0.1) is 37.4 Å². The first-order valence-electron chi connectivity index (χ1n) is 15.4. The van der Waals surface area contributed by atoms with Crippen LogP contribution in [-0.4, -0.2) is 96.2 Å². The van der Waals surface area contributed by atoms with Crippen LogP contribution in [0.1, 0.15) is 60.8 Å². The zero-order chi connectivity index (χ0) is 36.8.